The largest absolute Gasteiger partial charge is 0.438 e. The molecule has 0 radical (unpaired) electrons. The van der Waals surface area contributed by atoms with E-state index < -0.39 is 21.5 Å². The average Bonchev–Trinajstić information content (AvgIpc) is 3.02. The normalized spacial score (nSPS) is 12.2. The first-order valence-corrected chi connectivity index (χ1v) is 9.58. The Kier molecular flexibility index (Phi) is 6.22. The second-order valence-corrected chi connectivity index (χ2v) is 8.52. The molecule has 0 fully saturated rings. The number of methoxy groups -OCH3 is 1. The minimum atomic E-state index is -3.82. The van der Waals surface area contributed by atoms with Crippen molar-refractivity contribution in [1.82, 2.24) is 10.0 Å². The van der Waals surface area contributed by atoms with Crippen LogP contribution in [-0.2, 0) is 27.9 Å². The fourth-order valence-electron chi connectivity index (χ4n) is 2.31. The summed E-state index contributed by atoms with van der Waals surface area (Å²) in [5.74, 6) is -0.549. The lowest BCUT2D eigenvalue weighted by molar-refractivity contribution is 0.0917. The third kappa shape index (κ3) is 5.69. The summed E-state index contributed by atoms with van der Waals surface area (Å²) < 4.78 is 37.2. The second-order valence-electron chi connectivity index (χ2n) is 6.91. The summed E-state index contributed by atoms with van der Waals surface area (Å²) >= 11 is 0. The number of hydrogen-bond acceptors (Lipinski definition) is 5. The summed E-state index contributed by atoms with van der Waals surface area (Å²) in [6.07, 6.45) is 0. The Morgan fingerprint density at radius 1 is 1.15 bits per heavy atom. The molecule has 1 heterocycles. The number of hydrogen-bond donors (Lipinski definition) is 2. The van der Waals surface area contributed by atoms with Crippen molar-refractivity contribution in [3.63, 3.8) is 0 Å². The highest BCUT2D eigenvalue weighted by molar-refractivity contribution is 7.89. The molecule has 0 atom stereocenters. The summed E-state index contributed by atoms with van der Waals surface area (Å²) in [4.78, 5) is 12.2. The average molecular weight is 380 g/mol. The van der Waals surface area contributed by atoms with E-state index in [-0.39, 0.29) is 10.9 Å². The summed E-state index contributed by atoms with van der Waals surface area (Å²) in [7, 11) is -2.20. The lowest BCUT2D eigenvalue weighted by Crippen LogP contribution is -2.40. The molecule has 2 aromatic rings. The molecule has 0 unspecified atom stereocenters. The van der Waals surface area contributed by atoms with Gasteiger partial charge in [0.15, 0.2) is 5.76 Å². The molecule has 1 amide bonds. The number of sulfonamides is 1. The van der Waals surface area contributed by atoms with Crippen molar-refractivity contribution in [1.29, 1.82) is 0 Å². The predicted molar refractivity (Wildman–Crippen MR) is 97.1 cm³/mol. The van der Waals surface area contributed by atoms with Crippen molar-refractivity contribution in [2.24, 2.45) is 0 Å². The van der Waals surface area contributed by atoms with Crippen molar-refractivity contribution in [3.05, 3.63) is 53.3 Å². The quantitative estimate of drug-likeness (QED) is 0.769. The Labute approximate surface area is 153 Å². The van der Waals surface area contributed by atoms with Crippen LogP contribution in [0, 0.1) is 0 Å². The van der Waals surface area contributed by atoms with E-state index in [4.69, 9.17) is 9.15 Å². The van der Waals surface area contributed by atoms with E-state index in [1.807, 2.05) is 24.3 Å². The van der Waals surface area contributed by atoms with E-state index in [1.54, 1.807) is 27.9 Å². The third-order valence-electron chi connectivity index (χ3n) is 3.27. The van der Waals surface area contributed by atoms with Crippen LogP contribution in [0.5, 0.6) is 0 Å². The highest BCUT2D eigenvalue weighted by atomic mass is 32.2. The van der Waals surface area contributed by atoms with Crippen LogP contribution < -0.4 is 10.0 Å². The molecule has 1 aromatic carbocycles. The van der Waals surface area contributed by atoms with Gasteiger partial charge in [-0.25, -0.2) is 13.1 Å². The van der Waals surface area contributed by atoms with Crippen molar-refractivity contribution in [2.75, 3.05) is 7.11 Å². The van der Waals surface area contributed by atoms with Crippen LogP contribution in [0.3, 0.4) is 0 Å². The first-order chi connectivity index (χ1) is 12.1. The van der Waals surface area contributed by atoms with Gasteiger partial charge in [-0.2, -0.15) is 0 Å². The highest BCUT2D eigenvalue weighted by Gasteiger charge is 2.26. The van der Waals surface area contributed by atoms with Gasteiger partial charge in [-0.05, 0) is 44.0 Å². The Hall–Kier alpha value is -2.16. The van der Waals surface area contributed by atoms with Crippen molar-refractivity contribution >= 4 is 15.9 Å². The van der Waals surface area contributed by atoms with Crippen LogP contribution in [0.1, 0.15) is 42.5 Å². The van der Waals surface area contributed by atoms with Gasteiger partial charge in [-0.1, -0.05) is 24.3 Å². The summed E-state index contributed by atoms with van der Waals surface area (Å²) in [6.45, 7) is 5.94. The van der Waals surface area contributed by atoms with E-state index in [1.165, 1.54) is 12.1 Å². The monoisotopic (exact) mass is 380 g/mol. The van der Waals surface area contributed by atoms with E-state index in [9.17, 15) is 13.2 Å². The fraction of sp³-hybridized carbons (Fsp3) is 0.389. The maximum Gasteiger partial charge on any atom is 0.287 e. The third-order valence-corrected chi connectivity index (χ3v) is 4.90. The van der Waals surface area contributed by atoms with Crippen LogP contribution in [0.25, 0.3) is 0 Å². The second kappa shape index (κ2) is 8.03. The topological polar surface area (TPSA) is 97.6 Å². The molecule has 0 spiro atoms. The maximum atomic E-state index is 12.2. The standard InChI is InChI=1S/C18H24N2O5S/c1-18(2,3)20-26(22,23)16-9-8-15(25-16)17(21)19-11-13-6-5-7-14(10-13)12-24-4/h5-10,20H,11-12H2,1-4H3,(H,19,21). The molecule has 2 rings (SSSR count). The molecule has 0 saturated heterocycles. The molecular formula is C18H24N2O5S. The van der Waals surface area contributed by atoms with Crippen molar-refractivity contribution in [3.8, 4) is 0 Å². The first kappa shape index (κ1) is 20.2. The number of amides is 1. The lowest BCUT2D eigenvalue weighted by Gasteiger charge is -2.18. The Bertz CT molecular complexity index is 866. The molecule has 26 heavy (non-hydrogen) atoms. The minimum absolute atomic E-state index is 0.0627. The van der Waals surface area contributed by atoms with E-state index >= 15 is 0 Å². The fourth-order valence-corrected chi connectivity index (χ4v) is 3.66. The van der Waals surface area contributed by atoms with Gasteiger partial charge in [-0.15, -0.1) is 0 Å². The van der Waals surface area contributed by atoms with Crippen LogP contribution in [0.4, 0.5) is 0 Å². The molecular weight excluding hydrogens is 356 g/mol. The zero-order valence-corrected chi connectivity index (χ0v) is 16.1. The Balaban J connectivity index is 2.03. The first-order valence-electron chi connectivity index (χ1n) is 8.09. The molecule has 7 nitrogen and oxygen atoms in total. The van der Waals surface area contributed by atoms with E-state index in [2.05, 4.69) is 10.0 Å². The maximum absolute atomic E-state index is 12.2. The summed E-state index contributed by atoms with van der Waals surface area (Å²) in [5, 5.41) is 2.42. The number of carbonyl (C=O) groups is 1. The number of rotatable bonds is 7. The van der Waals surface area contributed by atoms with Crippen LogP contribution in [-0.4, -0.2) is 27.0 Å². The number of furan rings is 1. The Morgan fingerprint density at radius 3 is 2.50 bits per heavy atom. The van der Waals surface area contributed by atoms with Crippen molar-refractivity contribution < 1.29 is 22.4 Å². The van der Waals surface area contributed by atoms with Gasteiger partial charge in [0.1, 0.15) is 0 Å². The molecule has 0 aliphatic heterocycles. The molecule has 0 saturated carbocycles. The van der Waals surface area contributed by atoms with Gasteiger partial charge in [0, 0.05) is 19.2 Å². The predicted octanol–water partition coefficient (Wildman–Crippen LogP) is 2.43. The zero-order chi connectivity index (χ0) is 19.4. The molecule has 8 heteroatoms. The summed E-state index contributed by atoms with van der Waals surface area (Å²) in [6, 6.07) is 10.2. The van der Waals surface area contributed by atoms with Crippen LogP contribution >= 0.6 is 0 Å². The van der Waals surface area contributed by atoms with Crippen LogP contribution in [0.15, 0.2) is 45.9 Å². The molecule has 142 valence electrons. The zero-order valence-electron chi connectivity index (χ0n) is 15.3. The minimum Gasteiger partial charge on any atom is -0.438 e. The molecule has 0 bridgehead atoms. The summed E-state index contributed by atoms with van der Waals surface area (Å²) in [5.41, 5.74) is 1.25. The van der Waals surface area contributed by atoms with Gasteiger partial charge in [0.05, 0.1) is 6.61 Å². The van der Waals surface area contributed by atoms with Gasteiger partial charge in [0.2, 0.25) is 5.09 Å². The SMILES string of the molecule is COCc1cccc(CNC(=O)c2ccc(S(=O)(=O)NC(C)(C)C)o2)c1. The highest BCUT2D eigenvalue weighted by Crippen LogP contribution is 2.16. The number of benzene rings is 1. The molecule has 0 aliphatic carbocycles. The van der Waals surface area contributed by atoms with E-state index in [0.29, 0.717) is 13.2 Å². The molecule has 0 aliphatic rings. The van der Waals surface area contributed by atoms with Crippen LogP contribution in [0.2, 0.25) is 0 Å². The van der Waals surface area contributed by atoms with Crippen molar-refractivity contribution in [2.45, 2.75) is 44.6 Å². The lowest BCUT2D eigenvalue weighted by atomic mass is 10.1. The van der Waals surface area contributed by atoms with Gasteiger partial charge in [-0.3, -0.25) is 4.79 Å². The van der Waals surface area contributed by atoms with Gasteiger partial charge < -0.3 is 14.5 Å². The number of carbonyl (C=O) groups excluding carboxylic acids is 1. The Morgan fingerprint density at radius 2 is 1.85 bits per heavy atom. The number of nitrogens with one attached hydrogen (secondary N) is 2. The smallest absolute Gasteiger partial charge is 0.287 e. The van der Waals surface area contributed by atoms with Gasteiger partial charge in [0.25, 0.3) is 15.9 Å². The molecule has 2 N–H and O–H groups in total. The molecule has 1 aromatic heterocycles. The van der Waals surface area contributed by atoms with Gasteiger partial charge >= 0.3 is 0 Å². The number of ether oxygens (including phenoxy) is 1. The van der Waals surface area contributed by atoms with E-state index in [0.717, 1.165) is 11.1 Å².